The standard InChI is InChI=1S/C17H30N2/c1-19-4-2-3-16(19)10-18-11-17-14-6-12-5-13(8-14)9-15(17)7-12/h12-18H,2-11H2,1H3. The molecule has 1 N–H and O–H groups in total. The molecule has 0 radical (unpaired) electrons. The quantitative estimate of drug-likeness (QED) is 0.838. The molecule has 0 aromatic carbocycles. The Kier molecular flexibility index (Phi) is 3.35. The predicted molar refractivity (Wildman–Crippen MR) is 79.1 cm³/mol. The van der Waals surface area contributed by atoms with Gasteiger partial charge in [0.1, 0.15) is 0 Å². The third-order valence-corrected chi connectivity index (χ3v) is 6.85. The van der Waals surface area contributed by atoms with E-state index < -0.39 is 0 Å². The molecule has 1 atom stereocenters. The Morgan fingerprint density at radius 2 is 1.63 bits per heavy atom. The highest BCUT2D eigenvalue weighted by Crippen LogP contribution is 2.56. The van der Waals surface area contributed by atoms with Gasteiger partial charge in [-0.2, -0.15) is 0 Å². The van der Waals surface area contributed by atoms with Crippen LogP contribution in [-0.4, -0.2) is 37.6 Å². The predicted octanol–water partition coefficient (Wildman–Crippen LogP) is 2.74. The lowest BCUT2D eigenvalue weighted by Gasteiger charge is -2.54. The van der Waals surface area contributed by atoms with Gasteiger partial charge in [0, 0.05) is 12.6 Å². The molecule has 4 saturated carbocycles. The van der Waals surface area contributed by atoms with Crippen molar-refractivity contribution in [2.75, 3.05) is 26.7 Å². The summed E-state index contributed by atoms with van der Waals surface area (Å²) >= 11 is 0. The van der Waals surface area contributed by atoms with E-state index >= 15 is 0 Å². The van der Waals surface area contributed by atoms with Crippen molar-refractivity contribution in [3.05, 3.63) is 0 Å². The molecular weight excluding hydrogens is 232 g/mol. The third kappa shape index (κ3) is 2.35. The van der Waals surface area contributed by atoms with Crippen molar-refractivity contribution < 1.29 is 0 Å². The van der Waals surface area contributed by atoms with Crippen molar-refractivity contribution in [1.29, 1.82) is 0 Å². The number of hydrogen-bond acceptors (Lipinski definition) is 2. The summed E-state index contributed by atoms with van der Waals surface area (Å²) in [4.78, 5) is 2.55. The first-order valence-corrected chi connectivity index (χ1v) is 8.70. The highest BCUT2D eigenvalue weighted by atomic mass is 15.2. The Hall–Kier alpha value is -0.0800. The topological polar surface area (TPSA) is 15.3 Å². The molecule has 1 saturated heterocycles. The maximum Gasteiger partial charge on any atom is 0.0218 e. The van der Waals surface area contributed by atoms with Gasteiger partial charge in [-0.1, -0.05) is 0 Å². The van der Waals surface area contributed by atoms with Crippen LogP contribution in [0.1, 0.15) is 44.9 Å². The zero-order valence-electron chi connectivity index (χ0n) is 12.5. The molecule has 1 heterocycles. The Labute approximate surface area is 118 Å². The van der Waals surface area contributed by atoms with Gasteiger partial charge in [-0.25, -0.2) is 0 Å². The van der Waals surface area contributed by atoms with Gasteiger partial charge in [-0.05, 0) is 94.7 Å². The van der Waals surface area contributed by atoms with Gasteiger partial charge in [0.15, 0.2) is 0 Å². The van der Waals surface area contributed by atoms with E-state index in [-0.39, 0.29) is 0 Å². The Balaban J connectivity index is 1.29. The number of nitrogens with one attached hydrogen (secondary N) is 1. The van der Waals surface area contributed by atoms with Gasteiger partial charge < -0.3 is 10.2 Å². The van der Waals surface area contributed by atoms with E-state index in [1.165, 1.54) is 32.5 Å². The largest absolute Gasteiger partial charge is 0.315 e. The fourth-order valence-electron chi connectivity index (χ4n) is 6.03. The monoisotopic (exact) mass is 262 g/mol. The van der Waals surface area contributed by atoms with E-state index in [2.05, 4.69) is 17.3 Å². The summed E-state index contributed by atoms with van der Waals surface area (Å²) in [6.45, 7) is 3.86. The number of likely N-dealkylation sites (tertiary alicyclic amines) is 1. The van der Waals surface area contributed by atoms with Crippen LogP contribution in [0, 0.1) is 29.6 Å². The first-order chi connectivity index (χ1) is 9.29. The van der Waals surface area contributed by atoms with Crippen LogP contribution in [0.2, 0.25) is 0 Å². The molecule has 5 aliphatic rings. The highest BCUT2D eigenvalue weighted by molar-refractivity contribution is 4.98. The minimum absolute atomic E-state index is 0.817. The summed E-state index contributed by atoms with van der Waals surface area (Å²) in [7, 11) is 2.29. The number of nitrogens with zero attached hydrogens (tertiary/aromatic N) is 1. The zero-order chi connectivity index (χ0) is 12.8. The Bertz CT molecular complexity index is 299. The van der Waals surface area contributed by atoms with Gasteiger partial charge in [-0.15, -0.1) is 0 Å². The first kappa shape index (κ1) is 12.6. The van der Waals surface area contributed by atoms with E-state index in [9.17, 15) is 0 Å². The molecular formula is C17H30N2. The Morgan fingerprint density at radius 1 is 0.947 bits per heavy atom. The van der Waals surface area contributed by atoms with Crippen LogP contribution in [-0.2, 0) is 0 Å². The van der Waals surface area contributed by atoms with Crippen LogP contribution in [0.5, 0.6) is 0 Å². The average molecular weight is 262 g/mol. The third-order valence-electron chi connectivity index (χ3n) is 6.85. The summed E-state index contributed by atoms with van der Waals surface area (Å²) in [5.41, 5.74) is 0. The van der Waals surface area contributed by atoms with Crippen molar-refractivity contribution in [2.24, 2.45) is 29.6 Å². The van der Waals surface area contributed by atoms with Crippen molar-refractivity contribution in [3.63, 3.8) is 0 Å². The van der Waals surface area contributed by atoms with Crippen LogP contribution in [0.15, 0.2) is 0 Å². The second-order valence-electron chi connectivity index (χ2n) is 8.03. The van der Waals surface area contributed by atoms with Crippen LogP contribution < -0.4 is 5.32 Å². The normalized spacial score (nSPS) is 49.1. The lowest BCUT2D eigenvalue weighted by Crippen LogP contribution is -2.49. The van der Waals surface area contributed by atoms with Crippen molar-refractivity contribution in [2.45, 2.75) is 51.0 Å². The maximum atomic E-state index is 3.84. The molecule has 0 aromatic rings. The van der Waals surface area contributed by atoms with E-state index in [1.807, 2.05) is 0 Å². The van der Waals surface area contributed by atoms with Gasteiger partial charge >= 0.3 is 0 Å². The molecule has 0 amide bonds. The fraction of sp³-hybridized carbons (Fsp3) is 1.00. The lowest BCUT2D eigenvalue weighted by atomic mass is 9.52. The summed E-state index contributed by atoms with van der Waals surface area (Å²) < 4.78 is 0. The van der Waals surface area contributed by atoms with E-state index in [1.54, 1.807) is 32.1 Å². The molecule has 0 aromatic heterocycles. The average Bonchev–Trinajstić information content (AvgIpc) is 2.78. The van der Waals surface area contributed by atoms with E-state index in [0.29, 0.717) is 0 Å². The molecule has 0 spiro atoms. The number of likely N-dealkylation sites (N-methyl/N-ethyl adjacent to an activating group) is 1. The first-order valence-electron chi connectivity index (χ1n) is 8.70. The number of rotatable bonds is 4. The van der Waals surface area contributed by atoms with Gasteiger partial charge in [-0.3, -0.25) is 0 Å². The highest BCUT2D eigenvalue weighted by Gasteiger charge is 2.47. The summed E-state index contributed by atoms with van der Waals surface area (Å²) in [6, 6.07) is 0.817. The van der Waals surface area contributed by atoms with Crippen molar-refractivity contribution >= 4 is 0 Å². The maximum absolute atomic E-state index is 3.84. The fourth-order valence-corrected chi connectivity index (χ4v) is 6.03. The second-order valence-corrected chi connectivity index (χ2v) is 8.03. The SMILES string of the molecule is CN1CCCC1CNCC1C2CC3CC(C2)CC1C3. The molecule has 4 aliphatic carbocycles. The molecule has 2 nitrogen and oxygen atoms in total. The molecule has 1 unspecified atom stereocenters. The molecule has 5 rings (SSSR count). The van der Waals surface area contributed by atoms with Crippen molar-refractivity contribution in [3.8, 4) is 0 Å². The Morgan fingerprint density at radius 3 is 2.21 bits per heavy atom. The molecule has 2 heteroatoms. The molecule has 108 valence electrons. The van der Waals surface area contributed by atoms with Crippen LogP contribution in [0.25, 0.3) is 0 Å². The van der Waals surface area contributed by atoms with Crippen LogP contribution in [0.3, 0.4) is 0 Å². The van der Waals surface area contributed by atoms with E-state index in [0.717, 1.165) is 35.6 Å². The summed E-state index contributed by atoms with van der Waals surface area (Å²) in [5.74, 6) is 5.45. The second kappa shape index (κ2) is 5.04. The van der Waals surface area contributed by atoms with Crippen molar-refractivity contribution in [1.82, 2.24) is 10.2 Å². The minimum Gasteiger partial charge on any atom is -0.315 e. The van der Waals surface area contributed by atoms with Gasteiger partial charge in [0.2, 0.25) is 0 Å². The van der Waals surface area contributed by atoms with E-state index in [4.69, 9.17) is 0 Å². The summed E-state index contributed by atoms with van der Waals surface area (Å²) in [5, 5.41) is 3.84. The van der Waals surface area contributed by atoms with Gasteiger partial charge in [0.05, 0.1) is 0 Å². The lowest BCUT2D eigenvalue weighted by molar-refractivity contribution is -0.0357. The van der Waals surface area contributed by atoms with Gasteiger partial charge in [0.25, 0.3) is 0 Å². The van der Waals surface area contributed by atoms with Crippen LogP contribution in [0.4, 0.5) is 0 Å². The zero-order valence-corrected chi connectivity index (χ0v) is 12.5. The smallest absolute Gasteiger partial charge is 0.0218 e. The minimum atomic E-state index is 0.817. The molecule has 5 fully saturated rings. The summed E-state index contributed by atoms with van der Waals surface area (Å²) in [6.07, 6.45) is 10.7. The molecule has 19 heavy (non-hydrogen) atoms. The molecule has 4 bridgehead atoms. The number of hydrogen-bond donors (Lipinski definition) is 1. The van der Waals surface area contributed by atoms with Crippen LogP contribution >= 0.6 is 0 Å². The molecule has 1 aliphatic heterocycles.